The fraction of sp³-hybridized carbons (Fsp3) is 0.450. The SMILES string of the molecule is CCc1sc(C(=O)NO)cc1C1CCCCN1CCOc1ccc(Cl)cc1. The topological polar surface area (TPSA) is 61.8 Å². The number of rotatable bonds is 7. The van der Waals surface area contributed by atoms with Gasteiger partial charge in [0.2, 0.25) is 0 Å². The summed E-state index contributed by atoms with van der Waals surface area (Å²) >= 11 is 7.38. The maximum atomic E-state index is 11.8. The number of amides is 1. The highest BCUT2D eigenvalue weighted by atomic mass is 35.5. The van der Waals surface area contributed by atoms with Gasteiger partial charge in [-0.1, -0.05) is 24.9 Å². The molecule has 1 atom stereocenters. The largest absolute Gasteiger partial charge is 0.492 e. The van der Waals surface area contributed by atoms with Gasteiger partial charge >= 0.3 is 0 Å². The van der Waals surface area contributed by atoms with Gasteiger partial charge in [-0.2, -0.15) is 0 Å². The number of hydroxylamine groups is 1. The summed E-state index contributed by atoms with van der Waals surface area (Å²) in [6.07, 6.45) is 4.31. The standard InChI is InChI=1S/C20H25ClN2O3S/c1-2-18-16(13-19(27-18)20(24)22-25)17-5-3-4-10-23(17)11-12-26-15-8-6-14(21)7-9-15/h6-9,13,17,25H,2-5,10-12H2,1H3,(H,22,24). The summed E-state index contributed by atoms with van der Waals surface area (Å²) in [6.45, 7) is 4.56. The van der Waals surface area contributed by atoms with Crippen LogP contribution in [0.1, 0.15) is 52.3 Å². The Balaban J connectivity index is 1.68. The first-order chi connectivity index (χ1) is 13.1. The van der Waals surface area contributed by atoms with Crippen molar-refractivity contribution in [2.45, 2.75) is 38.6 Å². The van der Waals surface area contributed by atoms with Crippen LogP contribution in [0.5, 0.6) is 5.75 Å². The van der Waals surface area contributed by atoms with Crippen LogP contribution in [0.15, 0.2) is 30.3 Å². The molecule has 1 saturated heterocycles. The van der Waals surface area contributed by atoms with Crippen molar-refractivity contribution < 1.29 is 14.7 Å². The molecule has 1 amide bonds. The first kappa shape index (κ1) is 20.1. The van der Waals surface area contributed by atoms with Crippen LogP contribution in [0.4, 0.5) is 0 Å². The van der Waals surface area contributed by atoms with Crippen LogP contribution < -0.4 is 10.2 Å². The number of nitrogens with one attached hydrogen (secondary N) is 1. The van der Waals surface area contributed by atoms with Crippen LogP contribution in [0, 0.1) is 0 Å². The number of hydrogen-bond donors (Lipinski definition) is 2. The number of aryl methyl sites for hydroxylation is 1. The van der Waals surface area contributed by atoms with Gasteiger partial charge in [0.05, 0.1) is 4.88 Å². The van der Waals surface area contributed by atoms with Gasteiger partial charge in [0.1, 0.15) is 12.4 Å². The zero-order valence-electron chi connectivity index (χ0n) is 15.4. The van der Waals surface area contributed by atoms with Gasteiger partial charge < -0.3 is 4.74 Å². The Morgan fingerprint density at radius 1 is 1.37 bits per heavy atom. The third kappa shape index (κ3) is 5.02. The monoisotopic (exact) mass is 408 g/mol. The molecular formula is C20H25ClN2O3S. The summed E-state index contributed by atoms with van der Waals surface area (Å²) < 4.78 is 5.87. The van der Waals surface area contributed by atoms with E-state index < -0.39 is 5.91 Å². The van der Waals surface area contributed by atoms with Crippen molar-refractivity contribution in [1.29, 1.82) is 0 Å². The second-order valence-corrected chi connectivity index (χ2v) is 8.21. The first-order valence-electron chi connectivity index (χ1n) is 9.31. The predicted molar refractivity (Wildman–Crippen MR) is 108 cm³/mol. The van der Waals surface area contributed by atoms with Crippen molar-refractivity contribution in [1.82, 2.24) is 10.4 Å². The van der Waals surface area contributed by atoms with Gasteiger partial charge in [0.25, 0.3) is 5.91 Å². The molecule has 2 N–H and O–H groups in total. The number of nitrogens with zero attached hydrogens (tertiary/aromatic N) is 1. The maximum Gasteiger partial charge on any atom is 0.284 e. The summed E-state index contributed by atoms with van der Waals surface area (Å²) in [5.74, 6) is 0.383. The van der Waals surface area contributed by atoms with Gasteiger partial charge in [-0.3, -0.25) is 14.9 Å². The lowest BCUT2D eigenvalue weighted by Gasteiger charge is -2.36. The molecule has 1 aliphatic rings. The molecule has 7 heteroatoms. The Labute approximate surface area is 168 Å². The van der Waals surface area contributed by atoms with Crippen LogP contribution in [-0.4, -0.2) is 35.7 Å². The molecule has 27 heavy (non-hydrogen) atoms. The molecule has 0 spiro atoms. The number of carbonyl (C=O) groups is 1. The lowest BCUT2D eigenvalue weighted by Crippen LogP contribution is -2.36. The smallest absolute Gasteiger partial charge is 0.284 e. The highest BCUT2D eigenvalue weighted by Crippen LogP contribution is 2.37. The molecule has 1 unspecified atom stereocenters. The van der Waals surface area contributed by atoms with Crippen molar-refractivity contribution in [2.75, 3.05) is 19.7 Å². The van der Waals surface area contributed by atoms with Crippen LogP contribution >= 0.6 is 22.9 Å². The summed E-state index contributed by atoms with van der Waals surface area (Å²) in [7, 11) is 0. The summed E-state index contributed by atoms with van der Waals surface area (Å²) in [6, 6.07) is 9.64. The zero-order valence-corrected chi connectivity index (χ0v) is 17.0. The van der Waals surface area contributed by atoms with Gasteiger partial charge in [-0.05, 0) is 61.7 Å². The number of benzene rings is 1. The van der Waals surface area contributed by atoms with Crippen LogP contribution in [-0.2, 0) is 6.42 Å². The lowest BCUT2D eigenvalue weighted by molar-refractivity contribution is 0.0710. The minimum Gasteiger partial charge on any atom is -0.492 e. The Kier molecular flexibility index (Phi) is 7.13. The zero-order chi connectivity index (χ0) is 19.2. The second kappa shape index (κ2) is 9.55. The molecule has 1 aromatic heterocycles. The summed E-state index contributed by atoms with van der Waals surface area (Å²) in [5, 5.41) is 9.64. The first-order valence-corrected chi connectivity index (χ1v) is 10.5. The molecule has 5 nitrogen and oxygen atoms in total. The molecule has 0 saturated carbocycles. The highest BCUT2D eigenvalue weighted by Gasteiger charge is 2.27. The van der Waals surface area contributed by atoms with E-state index >= 15 is 0 Å². The number of thiophene rings is 1. The van der Waals surface area contributed by atoms with Crippen LogP contribution in [0.3, 0.4) is 0 Å². The van der Waals surface area contributed by atoms with E-state index in [9.17, 15) is 4.79 Å². The van der Waals surface area contributed by atoms with Crippen LogP contribution in [0.2, 0.25) is 5.02 Å². The van der Waals surface area contributed by atoms with E-state index in [0.717, 1.165) is 31.7 Å². The number of halogens is 1. The second-order valence-electron chi connectivity index (χ2n) is 6.63. The molecular weight excluding hydrogens is 384 g/mol. The lowest BCUT2D eigenvalue weighted by atomic mass is 9.94. The Morgan fingerprint density at radius 3 is 2.85 bits per heavy atom. The van der Waals surface area contributed by atoms with Crippen molar-refractivity contribution in [3.05, 3.63) is 50.7 Å². The molecule has 1 aliphatic heterocycles. The molecule has 2 heterocycles. The number of hydrogen-bond acceptors (Lipinski definition) is 5. The van der Waals surface area contributed by atoms with E-state index in [0.29, 0.717) is 22.5 Å². The number of ether oxygens (including phenoxy) is 1. The maximum absolute atomic E-state index is 11.8. The van der Waals surface area contributed by atoms with Crippen molar-refractivity contribution in [3.63, 3.8) is 0 Å². The fourth-order valence-electron chi connectivity index (χ4n) is 3.59. The van der Waals surface area contributed by atoms with Gasteiger partial charge in [0.15, 0.2) is 0 Å². The van der Waals surface area contributed by atoms with Gasteiger partial charge in [-0.15, -0.1) is 11.3 Å². The quantitative estimate of drug-likeness (QED) is 0.515. The molecule has 0 radical (unpaired) electrons. The minimum absolute atomic E-state index is 0.291. The van der Waals surface area contributed by atoms with E-state index in [4.69, 9.17) is 21.5 Å². The highest BCUT2D eigenvalue weighted by molar-refractivity contribution is 7.14. The van der Waals surface area contributed by atoms with E-state index in [1.807, 2.05) is 30.3 Å². The molecule has 3 rings (SSSR count). The Hall–Kier alpha value is -1.60. The molecule has 2 aromatic rings. The molecule has 1 aromatic carbocycles. The number of piperidine rings is 1. The van der Waals surface area contributed by atoms with E-state index in [-0.39, 0.29) is 0 Å². The minimum atomic E-state index is -0.436. The number of likely N-dealkylation sites (tertiary alicyclic amines) is 1. The number of carbonyl (C=O) groups excluding carboxylic acids is 1. The predicted octanol–water partition coefficient (Wildman–Crippen LogP) is 4.69. The van der Waals surface area contributed by atoms with Crippen molar-refractivity contribution >= 4 is 28.8 Å². The van der Waals surface area contributed by atoms with Gasteiger partial charge in [-0.25, -0.2) is 5.48 Å². The molecule has 0 aliphatic carbocycles. The average Bonchev–Trinajstić information content (AvgIpc) is 3.13. The van der Waals surface area contributed by atoms with E-state index in [1.165, 1.54) is 34.6 Å². The van der Waals surface area contributed by atoms with Crippen molar-refractivity contribution in [2.24, 2.45) is 0 Å². The third-order valence-corrected chi connectivity index (χ3v) is 6.47. The summed E-state index contributed by atoms with van der Waals surface area (Å²) in [5.41, 5.74) is 2.96. The summed E-state index contributed by atoms with van der Waals surface area (Å²) in [4.78, 5) is 16.0. The van der Waals surface area contributed by atoms with Crippen LogP contribution in [0.25, 0.3) is 0 Å². The molecule has 0 bridgehead atoms. The fourth-order valence-corrected chi connectivity index (χ4v) is 4.76. The van der Waals surface area contributed by atoms with E-state index in [2.05, 4.69) is 11.8 Å². The molecule has 1 fully saturated rings. The molecule has 146 valence electrons. The third-order valence-electron chi connectivity index (χ3n) is 4.92. The normalized spacial score (nSPS) is 17.7. The van der Waals surface area contributed by atoms with Crippen molar-refractivity contribution in [3.8, 4) is 5.75 Å². The van der Waals surface area contributed by atoms with E-state index in [1.54, 1.807) is 5.48 Å². The Morgan fingerprint density at radius 2 is 2.15 bits per heavy atom. The van der Waals surface area contributed by atoms with Gasteiger partial charge in [0, 0.05) is 22.5 Å². The Bertz CT molecular complexity index is 763. The average molecular weight is 409 g/mol.